The van der Waals surface area contributed by atoms with Crippen molar-refractivity contribution in [1.29, 1.82) is 0 Å². The zero-order chi connectivity index (χ0) is 31.7. The van der Waals surface area contributed by atoms with Gasteiger partial charge in [0.1, 0.15) is 0 Å². The summed E-state index contributed by atoms with van der Waals surface area (Å²) in [4.78, 5) is 0. The second kappa shape index (κ2) is 16.5. The van der Waals surface area contributed by atoms with Gasteiger partial charge in [0.2, 0.25) is 0 Å². The van der Waals surface area contributed by atoms with Crippen molar-refractivity contribution in [2.75, 3.05) is 0 Å². The summed E-state index contributed by atoms with van der Waals surface area (Å²) in [5.41, 5.74) is 2.84. The average Bonchev–Trinajstić information content (AvgIpc) is 3.14. The third-order valence-corrected chi connectivity index (χ3v) is 21.5. The van der Waals surface area contributed by atoms with Crippen LogP contribution in [0.1, 0.15) is 0 Å². The van der Waals surface area contributed by atoms with Gasteiger partial charge in [-0.25, -0.2) is 0 Å². The molecule has 0 fully saturated rings. The van der Waals surface area contributed by atoms with Gasteiger partial charge in [0.15, 0.2) is 0 Å². The quantitative estimate of drug-likeness (QED) is 0.174. The minimum absolute atomic E-state index is 0.139. The first-order valence-electron chi connectivity index (χ1n) is 15.3. The molecule has 7 rings (SSSR count). The normalized spacial score (nSPS) is 11.0. The third kappa shape index (κ3) is 8.42. The Hall–Kier alpha value is -2.86. The topological polar surface area (TPSA) is 0 Å². The number of benzene rings is 7. The molecule has 0 unspecified atom stereocenters. The van der Waals surface area contributed by atoms with Crippen LogP contribution in [0, 0.1) is 0 Å². The van der Waals surface area contributed by atoms with Crippen LogP contribution in [0.2, 0.25) is 0 Å². The fourth-order valence-electron chi connectivity index (χ4n) is 5.01. The van der Waals surface area contributed by atoms with E-state index in [1.165, 1.54) is 33.4 Å². The van der Waals surface area contributed by atoms with Crippen molar-refractivity contribution in [3.05, 3.63) is 182 Å². The molecule has 0 aliphatic heterocycles. The van der Waals surface area contributed by atoms with Gasteiger partial charge in [-0.2, -0.15) is 0 Å². The standard InChI is InChI=1S/C42H30Se5/c1-7-19-31(20-8-1)37-38(43-32-21-9-2-10-22-32)40(45-34-25-13-4-14-26-34)42(47-36-29-17-6-18-30-36)41(46-35-27-15-5-16-28-35)39(37)44-33-23-11-3-12-24-33/h1-30H. The van der Waals surface area contributed by atoms with Gasteiger partial charge >= 0.3 is 313 Å². The van der Waals surface area contributed by atoms with Crippen molar-refractivity contribution in [2.24, 2.45) is 0 Å². The van der Waals surface area contributed by atoms with Gasteiger partial charge in [-0.05, 0) is 0 Å². The van der Waals surface area contributed by atoms with Gasteiger partial charge < -0.3 is 0 Å². The third-order valence-electron chi connectivity index (χ3n) is 7.16. The molecule has 228 valence electrons. The molecule has 0 aromatic heterocycles. The molecule has 0 aliphatic carbocycles. The van der Waals surface area contributed by atoms with Gasteiger partial charge in [-0.1, -0.05) is 0 Å². The molecule has 0 aliphatic rings. The second-order valence-electron chi connectivity index (χ2n) is 10.5. The SMILES string of the molecule is c1ccc([Se]c2c([Se]c3ccccc3)c([Se]c3ccccc3)c(-c3ccccc3)c([Se]c3ccccc3)c2[Se]c2ccccc2)cc1. The van der Waals surface area contributed by atoms with Gasteiger partial charge in [-0.3, -0.25) is 0 Å². The molecule has 0 heterocycles. The molecule has 0 saturated carbocycles. The summed E-state index contributed by atoms with van der Waals surface area (Å²) in [5.74, 6) is 0. The molecule has 0 atom stereocenters. The van der Waals surface area contributed by atoms with Crippen LogP contribution in [0.5, 0.6) is 0 Å². The maximum absolute atomic E-state index is 2.35. The molecule has 7 aromatic carbocycles. The zero-order valence-electron chi connectivity index (χ0n) is 25.4. The van der Waals surface area contributed by atoms with Crippen LogP contribution in [-0.4, -0.2) is 74.8 Å². The van der Waals surface area contributed by atoms with Crippen LogP contribution < -0.4 is 44.6 Å². The summed E-state index contributed by atoms with van der Waals surface area (Å²) >= 11 is 0.751. The van der Waals surface area contributed by atoms with Crippen molar-refractivity contribution >= 4 is 119 Å². The summed E-state index contributed by atoms with van der Waals surface area (Å²) < 4.78 is 15.2. The van der Waals surface area contributed by atoms with E-state index in [2.05, 4.69) is 182 Å². The predicted molar refractivity (Wildman–Crippen MR) is 209 cm³/mol. The van der Waals surface area contributed by atoms with Gasteiger partial charge in [0, 0.05) is 0 Å². The van der Waals surface area contributed by atoms with E-state index >= 15 is 0 Å². The summed E-state index contributed by atoms with van der Waals surface area (Å²) in [5, 5.41) is 0. The van der Waals surface area contributed by atoms with Crippen molar-refractivity contribution < 1.29 is 0 Å². The molecule has 0 spiro atoms. The second-order valence-corrected chi connectivity index (χ2v) is 21.8. The van der Waals surface area contributed by atoms with E-state index in [4.69, 9.17) is 0 Å². The molecule has 0 radical (unpaired) electrons. The van der Waals surface area contributed by atoms with E-state index in [-0.39, 0.29) is 74.8 Å². The Balaban J connectivity index is 1.59. The predicted octanol–water partition coefficient (Wildman–Crippen LogP) is 1.63. The summed E-state index contributed by atoms with van der Waals surface area (Å²) in [6, 6.07) is 67.5. The Labute approximate surface area is 309 Å². The van der Waals surface area contributed by atoms with Crippen LogP contribution in [-0.2, 0) is 0 Å². The fraction of sp³-hybridized carbons (Fsp3) is 0. The first kappa shape index (κ1) is 32.7. The summed E-state index contributed by atoms with van der Waals surface area (Å²) in [6.07, 6.45) is 0. The molecular formula is C42H30Se5. The van der Waals surface area contributed by atoms with Crippen LogP contribution in [0.25, 0.3) is 11.1 Å². The van der Waals surface area contributed by atoms with E-state index in [1.807, 2.05) is 0 Å². The van der Waals surface area contributed by atoms with Crippen molar-refractivity contribution in [3.8, 4) is 11.1 Å². The molecule has 0 bridgehead atoms. The van der Waals surface area contributed by atoms with Crippen LogP contribution >= 0.6 is 0 Å². The van der Waals surface area contributed by atoms with Gasteiger partial charge in [0.05, 0.1) is 0 Å². The monoisotopic (exact) mass is 934 g/mol. The number of hydrogen-bond acceptors (Lipinski definition) is 0. The van der Waals surface area contributed by atoms with Crippen LogP contribution in [0.3, 0.4) is 0 Å². The van der Waals surface area contributed by atoms with Crippen molar-refractivity contribution in [1.82, 2.24) is 0 Å². The van der Waals surface area contributed by atoms with Crippen molar-refractivity contribution in [3.63, 3.8) is 0 Å². The van der Waals surface area contributed by atoms with Crippen molar-refractivity contribution in [2.45, 2.75) is 0 Å². The Bertz CT molecular complexity index is 1910. The van der Waals surface area contributed by atoms with Crippen LogP contribution in [0.4, 0.5) is 0 Å². The molecule has 0 saturated heterocycles. The first-order valence-corrected chi connectivity index (χ1v) is 23.8. The van der Waals surface area contributed by atoms with E-state index < -0.39 is 0 Å². The number of rotatable bonds is 11. The van der Waals surface area contributed by atoms with Gasteiger partial charge in [0.25, 0.3) is 0 Å². The average molecular weight is 930 g/mol. The fourth-order valence-corrected chi connectivity index (χ4v) is 20.1. The molecule has 5 heteroatoms. The van der Waals surface area contributed by atoms with Gasteiger partial charge in [-0.15, -0.1) is 0 Å². The molecule has 0 N–H and O–H groups in total. The molecule has 7 aromatic rings. The van der Waals surface area contributed by atoms with E-state index in [9.17, 15) is 0 Å². The molecule has 0 amide bonds. The van der Waals surface area contributed by atoms with E-state index in [1.54, 1.807) is 22.3 Å². The van der Waals surface area contributed by atoms with Crippen LogP contribution in [0.15, 0.2) is 182 Å². The Kier molecular flexibility index (Phi) is 11.5. The first-order chi connectivity index (χ1) is 23.3. The molecular weight excluding hydrogens is 899 g/mol. The van der Waals surface area contributed by atoms with E-state index in [0.717, 1.165) is 0 Å². The number of hydrogen-bond donors (Lipinski definition) is 0. The molecule has 47 heavy (non-hydrogen) atoms. The summed E-state index contributed by atoms with van der Waals surface area (Å²) in [7, 11) is 0. The maximum atomic E-state index is 2.35. The summed E-state index contributed by atoms with van der Waals surface area (Å²) in [6.45, 7) is 0. The minimum atomic E-state index is 0.139. The Morgan fingerprint density at radius 1 is 0.213 bits per heavy atom. The Morgan fingerprint density at radius 3 is 0.702 bits per heavy atom. The zero-order valence-corrected chi connectivity index (χ0v) is 33.9. The van der Waals surface area contributed by atoms with E-state index in [0.29, 0.717) is 0 Å². The Morgan fingerprint density at radius 2 is 0.426 bits per heavy atom. The molecule has 0 nitrogen and oxygen atoms in total.